The van der Waals surface area contributed by atoms with Crippen molar-refractivity contribution in [1.82, 2.24) is 5.32 Å². The molecule has 2 unspecified atom stereocenters. The highest BCUT2D eigenvalue weighted by Crippen LogP contribution is 2.27. The second-order valence-corrected chi connectivity index (χ2v) is 5.84. The van der Waals surface area contributed by atoms with Crippen LogP contribution in [0.4, 0.5) is 5.69 Å². The quantitative estimate of drug-likeness (QED) is 0.654. The Morgan fingerprint density at radius 1 is 1.40 bits per heavy atom. The molecule has 1 fully saturated rings. The topological polar surface area (TPSA) is 55.2 Å². The van der Waals surface area contributed by atoms with Crippen LogP contribution in [-0.2, 0) is 6.54 Å². The van der Waals surface area contributed by atoms with E-state index in [2.05, 4.69) is 12.2 Å². The zero-order valence-corrected chi connectivity index (χ0v) is 12.4. The first-order valence-electron chi connectivity index (χ1n) is 7.58. The molecule has 4 heteroatoms. The number of hydrogen-bond donors (Lipinski definition) is 1. The van der Waals surface area contributed by atoms with Gasteiger partial charge in [0.15, 0.2) is 0 Å². The number of nitro benzene ring substituents is 1. The third-order valence-corrected chi connectivity index (χ3v) is 4.56. The lowest BCUT2D eigenvalue weighted by molar-refractivity contribution is -0.385. The van der Waals surface area contributed by atoms with Crippen molar-refractivity contribution in [2.24, 2.45) is 5.92 Å². The van der Waals surface area contributed by atoms with Gasteiger partial charge in [-0.3, -0.25) is 10.1 Å². The summed E-state index contributed by atoms with van der Waals surface area (Å²) in [6.45, 7) is 4.83. The lowest BCUT2D eigenvalue weighted by atomic mass is 9.84. The first-order chi connectivity index (χ1) is 9.61. The fourth-order valence-corrected chi connectivity index (χ4v) is 3.16. The zero-order valence-electron chi connectivity index (χ0n) is 12.4. The molecule has 110 valence electrons. The van der Waals surface area contributed by atoms with Gasteiger partial charge in [0.2, 0.25) is 0 Å². The van der Waals surface area contributed by atoms with Gasteiger partial charge >= 0.3 is 0 Å². The fraction of sp³-hybridized carbons (Fsp3) is 0.625. The summed E-state index contributed by atoms with van der Waals surface area (Å²) in [5, 5.41) is 14.5. The minimum absolute atomic E-state index is 0.222. The van der Waals surface area contributed by atoms with Gasteiger partial charge in [0.25, 0.3) is 5.69 Å². The number of hydrogen-bond acceptors (Lipinski definition) is 3. The number of nitro groups is 1. The smallest absolute Gasteiger partial charge is 0.272 e. The second kappa shape index (κ2) is 6.84. The molecule has 20 heavy (non-hydrogen) atoms. The first-order valence-corrected chi connectivity index (χ1v) is 7.58. The second-order valence-electron chi connectivity index (χ2n) is 5.84. The van der Waals surface area contributed by atoms with Crippen LogP contribution in [0.2, 0.25) is 0 Å². The van der Waals surface area contributed by atoms with E-state index < -0.39 is 0 Å². The zero-order chi connectivity index (χ0) is 14.5. The average Bonchev–Trinajstić information content (AvgIpc) is 2.46. The Hall–Kier alpha value is -1.42. The molecule has 0 amide bonds. The van der Waals surface area contributed by atoms with Gasteiger partial charge in [0.05, 0.1) is 4.92 Å². The van der Waals surface area contributed by atoms with Gasteiger partial charge in [0, 0.05) is 24.2 Å². The van der Waals surface area contributed by atoms with Gasteiger partial charge in [-0.1, -0.05) is 38.3 Å². The van der Waals surface area contributed by atoms with Crippen molar-refractivity contribution in [3.8, 4) is 0 Å². The molecular formula is C16H24N2O2. The van der Waals surface area contributed by atoms with Crippen LogP contribution in [0.5, 0.6) is 0 Å². The highest BCUT2D eigenvalue weighted by molar-refractivity contribution is 5.44. The predicted octanol–water partition coefficient (Wildman–Crippen LogP) is 3.96. The Morgan fingerprint density at radius 2 is 2.20 bits per heavy atom. The minimum atomic E-state index is -0.299. The highest BCUT2D eigenvalue weighted by atomic mass is 16.6. The fourth-order valence-electron chi connectivity index (χ4n) is 3.16. The van der Waals surface area contributed by atoms with Gasteiger partial charge in [-0.15, -0.1) is 0 Å². The van der Waals surface area contributed by atoms with Gasteiger partial charge < -0.3 is 5.32 Å². The molecule has 2 rings (SSSR count). The van der Waals surface area contributed by atoms with E-state index in [9.17, 15) is 10.1 Å². The standard InChI is InChI=1S/C16H24N2O2/c1-3-13-6-4-8-15(10-13)17-11-14-7-5-9-16(12(14)2)18(19)20/h5,7,9,13,15,17H,3-4,6,8,10-11H2,1-2H3. The third kappa shape index (κ3) is 3.57. The Kier molecular flexibility index (Phi) is 5.12. The van der Waals surface area contributed by atoms with Crippen LogP contribution < -0.4 is 5.32 Å². The molecule has 1 aromatic carbocycles. The van der Waals surface area contributed by atoms with Crippen molar-refractivity contribution >= 4 is 5.69 Å². The summed E-state index contributed by atoms with van der Waals surface area (Å²) < 4.78 is 0. The molecule has 0 radical (unpaired) electrons. The average molecular weight is 276 g/mol. The molecule has 1 aromatic rings. The van der Waals surface area contributed by atoms with Crippen molar-refractivity contribution in [3.63, 3.8) is 0 Å². The maximum atomic E-state index is 10.9. The summed E-state index contributed by atoms with van der Waals surface area (Å²) in [6.07, 6.45) is 6.37. The molecule has 0 heterocycles. The minimum Gasteiger partial charge on any atom is -0.310 e. The van der Waals surface area contributed by atoms with Crippen LogP contribution in [0.1, 0.15) is 50.2 Å². The van der Waals surface area contributed by atoms with E-state index in [1.165, 1.54) is 32.1 Å². The van der Waals surface area contributed by atoms with E-state index in [0.717, 1.165) is 23.6 Å². The molecule has 1 aliphatic rings. The largest absolute Gasteiger partial charge is 0.310 e. The maximum absolute atomic E-state index is 10.9. The summed E-state index contributed by atoms with van der Waals surface area (Å²) in [7, 11) is 0. The Labute approximate surface area is 120 Å². The summed E-state index contributed by atoms with van der Waals surface area (Å²) >= 11 is 0. The van der Waals surface area contributed by atoms with E-state index >= 15 is 0 Å². The molecule has 2 atom stereocenters. The first kappa shape index (κ1) is 15.0. The van der Waals surface area contributed by atoms with Crippen molar-refractivity contribution in [2.45, 2.75) is 58.5 Å². The molecule has 0 aromatic heterocycles. The molecular weight excluding hydrogens is 252 g/mol. The van der Waals surface area contributed by atoms with Gasteiger partial charge in [-0.2, -0.15) is 0 Å². The van der Waals surface area contributed by atoms with Crippen LogP contribution >= 0.6 is 0 Å². The van der Waals surface area contributed by atoms with Crippen LogP contribution in [0.25, 0.3) is 0 Å². The van der Waals surface area contributed by atoms with E-state index in [-0.39, 0.29) is 10.6 Å². The lowest BCUT2D eigenvalue weighted by Crippen LogP contribution is -2.33. The van der Waals surface area contributed by atoms with Crippen LogP contribution in [0, 0.1) is 23.0 Å². The number of rotatable bonds is 5. The Balaban J connectivity index is 1.97. The van der Waals surface area contributed by atoms with Gasteiger partial charge in [-0.25, -0.2) is 0 Å². The van der Waals surface area contributed by atoms with E-state index in [4.69, 9.17) is 0 Å². The molecule has 1 aliphatic carbocycles. The number of nitrogens with one attached hydrogen (secondary N) is 1. The molecule has 0 aliphatic heterocycles. The molecule has 0 spiro atoms. The third-order valence-electron chi connectivity index (χ3n) is 4.56. The Morgan fingerprint density at radius 3 is 2.90 bits per heavy atom. The normalized spacial score (nSPS) is 22.7. The predicted molar refractivity (Wildman–Crippen MR) is 80.7 cm³/mol. The van der Waals surface area contributed by atoms with E-state index in [0.29, 0.717) is 6.04 Å². The summed E-state index contributed by atoms with van der Waals surface area (Å²) in [4.78, 5) is 10.6. The van der Waals surface area contributed by atoms with Gasteiger partial charge in [0.1, 0.15) is 0 Å². The molecule has 0 saturated heterocycles. The van der Waals surface area contributed by atoms with E-state index in [1.54, 1.807) is 12.1 Å². The SMILES string of the molecule is CCC1CCCC(NCc2cccc([N+](=O)[O-])c2C)C1. The lowest BCUT2D eigenvalue weighted by Gasteiger charge is -2.29. The highest BCUT2D eigenvalue weighted by Gasteiger charge is 2.21. The maximum Gasteiger partial charge on any atom is 0.272 e. The molecule has 0 bridgehead atoms. The molecule has 4 nitrogen and oxygen atoms in total. The van der Waals surface area contributed by atoms with Crippen LogP contribution in [0.15, 0.2) is 18.2 Å². The van der Waals surface area contributed by atoms with Crippen LogP contribution in [-0.4, -0.2) is 11.0 Å². The van der Waals surface area contributed by atoms with Crippen molar-refractivity contribution < 1.29 is 4.92 Å². The van der Waals surface area contributed by atoms with Gasteiger partial charge in [-0.05, 0) is 31.2 Å². The summed E-state index contributed by atoms with van der Waals surface area (Å²) in [6, 6.07) is 5.90. The molecule has 1 saturated carbocycles. The van der Waals surface area contributed by atoms with Crippen molar-refractivity contribution in [1.29, 1.82) is 0 Å². The number of nitrogens with zero attached hydrogens (tertiary/aromatic N) is 1. The molecule has 1 N–H and O–H groups in total. The van der Waals surface area contributed by atoms with Crippen molar-refractivity contribution in [3.05, 3.63) is 39.4 Å². The Bertz CT molecular complexity index is 474. The van der Waals surface area contributed by atoms with Crippen LogP contribution in [0.3, 0.4) is 0 Å². The number of benzene rings is 1. The van der Waals surface area contributed by atoms with E-state index in [1.807, 2.05) is 13.0 Å². The summed E-state index contributed by atoms with van der Waals surface area (Å²) in [5.74, 6) is 0.840. The van der Waals surface area contributed by atoms with Crippen molar-refractivity contribution in [2.75, 3.05) is 0 Å². The monoisotopic (exact) mass is 276 g/mol. The summed E-state index contributed by atoms with van der Waals surface area (Å²) in [5.41, 5.74) is 2.05.